The Balaban J connectivity index is 2.62. The van der Waals surface area contributed by atoms with Gasteiger partial charge in [-0.25, -0.2) is 4.79 Å². The van der Waals surface area contributed by atoms with Crippen molar-refractivity contribution >= 4 is 17.6 Å². The SMILES string of the molecule is COc1ccc(Cl)cc1-c1ccc(O)c(C(=O)O)c1. The van der Waals surface area contributed by atoms with Gasteiger partial charge in [-0.3, -0.25) is 0 Å². The Morgan fingerprint density at radius 1 is 1.21 bits per heavy atom. The van der Waals surface area contributed by atoms with Crippen molar-refractivity contribution in [3.8, 4) is 22.6 Å². The normalized spacial score (nSPS) is 10.2. The first-order valence-corrected chi connectivity index (χ1v) is 5.81. The number of phenols is 1. The summed E-state index contributed by atoms with van der Waals surface area (Å²) in [5, 5.41) is 19.0. The summed E-state index contributed by atoms with van der Waals surface area (Å²) in [5.74, 6) is -0.899. The minimum atomic E-state index is -1.19. The summed E-state index contributed by atoms with van der Waals surface area (Å²) in [4.78, 5) is 11.0. The minimum Gasteiger partial charge on any atom is -0.507 e. The number of carbonyl (C=O) groups is 1. The first-order chi connectivity index (χ1) is 9.02. The Bertz CT molecular complexity index is 637. The Morgan fingerprint density at radius 3 is 2.58 bits per heavy atom. The fourth-order valence-corrected chi connectivity index (χ4v) is 1.95. The lowest BCUT2D eigenvalue weighted by molar-refractivity contribution is 0.0694. The highest BCUT2D eigenvalue weighted by molar-refractivity contribution is 6.31. The van der Waals surface area contributed by atoms with Crippen LogP contribution in [0.15, 0.2) is 36.4 Å². The van der Waals surface area contributed by atoms with Crippen LogP contribution in [0.2, 0.25) is 5.02 Å². The van der Waals surface area contributed by atoms with Gasteiger partial charge in [0.1, 0.15) is 17.1 Å². The Morgan fingerprint density at radius 2 is 1.95 bits per heavy atom. The molecule has 0 radical (unpaired) electrons. The summed E-state index contributed by atoms with van der Waals surface area (Å²) in [7, 11) is 1.52. The van der Waals surface area contributed by atoms with Crippen molar-refractivity contribution in [1.29, 1.82) is 0 Å². The van der Waals surface area contributed by atoms with E-state index in [0.717, 1.165) is 0 Å². The highest BCUT2D eigenvalue weighted by atomic mass is 35.5. The molecule has 0 aliphatic carbocycles. The molecule has 19 heavy (non-hydrogen) atoms. The second-order valence-corrected chi connectivity index (χ2v) is 4.32. The fourth-order valence-electron chi connectivity index (χ4n) is 1.78. The van der Waals surface area contributed by atoms with Crippen LogP contribution in [0, 0.1) is 0 Å². The molecule has 0 fully saturated rings. The summed E-state index contributed by atoms with van der Waals surface area (Å²) in [5.41, 5.74) is 1.10. The molecule has 2 aromatic rings. The number of hydrogen-bond acceptors (Lipinski definition) is 3. The molecule has 0 bridgehead atoms. The quantitative estimate of drug-likeness (QED) is 0.903. The number of rotatable bonds is 3. The molecule has 0 saturated heterocycles. The molecule has 4 nitrogen and oxygen atoms in total. The minimum absolute atomic E-state index is 0.167. The lowest BCUT2D eigenvalue weighted by atomic mass is 10.0. The number of aromatic hydroxyl groups is 1. The molecule has 2 rings (SSSR count). The second kappa shape index (κ2) is 5.20. The maximum Gasteiger partial charge on any atom is 0.339 e. The molecular formula is C14H11ClO4. The van der Waals surface area contributed by atoms with Gasteiger partial charge in [-0.15, -0.1) is 0 Å². The van der Waals surface area contributed by atoms with Gasteiger partial charge >= 0.3 is 5.97 Å². The van der Waals surface area contributed by atoms with E-state index in [-0.39, 0.29) is 11.3 Å². The molecule has 98 valence electrons. The smallest absolute Gasteiger partial charge is 0.339 e. The van der Waals surface area contributed by atoms with Crippen LogP contribution in [0.5, 0.6) is 11.5 Å². The highest BCUT2D eigenvalue weighted by Gasteiger charge is 2.13. The van der Waals surface area contributed by atoms with Crippen LogP contribution < -0.4 is 4.74 Å². The third kappa shape index (κ3) is 2.63. The molecule has 0 aliphatic rings. The van der Waals surface area contributed by atoms with Crippen LogP contribution in [0.3, 0.4) is 0 Å². The lowest BCUT2D eigenvalue weighted by Gasteiger charge is -2.10. The fraction of sp³-hybridized carbons (Fsp3) is 0.0714. The summed E-state index contributed by atoms with van der Waals surface area (Å²) in [6, 6.07) is 9.38. The predicted molar refractivity (Wildman–Crippen MR) is 72.1 cm³/mol. The van der Waals surface area contributed by atoms with Crippen molar-refractivity contribution in [3.05, 3.63) is 47.0 Å². The standard InChI is InChI=1S/C14H11ClO4/c1-19-13-5-3-9(15)7-10(13)8-2-4-12(16)11(6-8)14(17)18/h2-7,16H,1H3,(H,17,18). The van der Waals surface area contributed by atoms with E-state index in [1.807, 2.05) is 0 Å². The van der Waals surface area contributed by atoms with Crippen molar-refractivity contribution in [2.75, 3.05) is 7.11 Å². The zero-order chi connectivity index (χ0) is 14.0. The molecule has 0 unspecified atom stereocenters. The average Bonchev–Trinajstić information content (AvgIpc) is 2.39. The molecule has 0 amide bonds. The van der Waals surface area contributed by atoms with Crippen LogP contribution in [0.4, 0.5) is 0 Å². The highest BCUT2D eigenvalue weighted by Crippen LogP contribution is 2.34. The number of aromatic carboxylic acids is 1. The molecule has 0 atom stereocenters. The summed E-state index contributed by atoms with van der Waals surface area (Å²) < 4.78 is 5.22. The van der Waals surface area contributed by atoms with E-state index in [1.165, 1.54) is 19.2 Å². The first-order valence-electron chi connectivity index (χ1n) is 5.43. The second-order valence-electron chi connectivity index (χ2n) is 3.88. The van der Waals surface area contributed by atoms with E-state index >= 15 is 0 Å². The summed E-state index contributed by atoms with van der Waals surface area (Å²) in [6.07, 6.45) is 0. The molecule has 0 aromatic heterocycles. The van der Waals surface area contributed by atoms with Crippen LogP contribution in [0.1, 0.15) is 10.4 Å². The molecule has 0 aliphatic heterocycles. The van der Waals surface area contributed by atoms with Gasteiger partial charge in [-0.2, -0.15) is 0 Å². The number of methoxy groups -OCH3 is 1. The number of carboxylic acid groups (broad SMARTS) is 1. The van der Waals surface area contributed by atoms with E-state index in [0.29, 0.717) is 21.9 Å². The molecule has 2 N–H and O–H groups in total. The molecule has 2 aromatic carbocycles. The molecular weight excluding hydrogens is 268 g/mol. The molecule has 5 heteroatoms. The Labute approximate surface area is 114 Å². The van der Waals surface area contributed by atoms with Gasteiger partial charge < -0.3 is 14.9 Å². The van der Waals surface area contributed by atoms with E-state index < -0.39 is 5.97 Å². The van der Waals surface area contributed by atoms with E-state index in [4.69, 9.17) is 21.4 Å². The van der Waals surface area contributed by atoms with Crippen LogP contribution >= 0.6 is 11.6 Å². The Hall–Kier alpha value is -2.20. The predicted octanol–water partition coefficient (Wildman–Crippen LogP) is 3.42. The van der Waals surface area contributed by atoms with E-state index in [9.17, 15) is 9.90 Å². The monoisotopic (exact) mass is 278 g/mol. The molecule has 0 heterocycles. The lowest BCUT2D eigenvalue weighted by Crippen LogP contribution is -1.97. The van der Waals surface area contributed by atoms with Crippen LogP contribution in [-0.2, 0) is 0 Å². The largest absolute Gasteiger partial charge is 0.507 e. The van der Waals surface area contributed by atoms with E-state index in [2.05, 4.69) is 0 Å². The number of ether oxygens (including phenoxy) is 1. The van der Waals surface area contributed by atoms with Gasteiger partial charge in [-0.1, -0.05) is 17.7 Å². The summed E-state index contributed by atoms with van der Waals surface area (Å²) >= 11 is 5.94. The van der Waals surface area contributed by atoms with Crippen molar-refractivity contribution in [2.24, 2.45) is 0 Å². The van der Waals surface area contributed by atoms with Gasteiger partial charge in [0.05, 0.1) is 7.11 Å². The zero-order valence-corrected chi connectivity index (χ0v) is 10.8. The van der Waals surface area contributed by atoms with Gasteiger partial charge in [0.15, 0.2) is 0 Å². The summed E-state index contributed by atoms with van der Waals surface area (Å²) in [6.45, 7) is 0. The van der Waals surface area contributed by atoms with Gasteiger partial charge in [0.2, 0.25) is 0 Å². The number of hydrogen-bond donors (Lipinski definition) is 2. The number of halogens is 1. The zero-order valence-electron chi connectivity index (χ0n) is 10.1. The van der Waals surface area contributed by atoms with Gasteiger partial charge in [0, 0.05) is 10.6 Å². The maximum absolute atomic E-state index is 11.0. The Kier molecular flexibility index (Phi) is 3.62. The molecule has 0 saturated carbocycles. The third-order valence-corrected chi connectivity index (χ3v) is 2.93. The van der Waals surface area contributed by atoms with Crippen molar-refractivity contribution in [1.82, 2.24) is 0 Å². The maximum atomic E-state index is 11.0. The van der Waals surface area contributed by atoms with E-state index in [1.54, 1.807) is 24.3 Å². The number of carboxylic acids is 1. The van der Waals surface area contributed by atoms with Crippen LogP contribution in [-0.4, -0.2) is 23.3 Å². The molecule has 0 spiro atoms. The third-order valence-electron chi connectivity index (χ3n) is 2.70. The number of benzene rings is 2. The van der Waals surface area contributed by atoms with Crippen LogP contribution in [0.25, 0.3) is 11.1 Å². The average molecular weight is 279 g/mol. The van der Waals surface area contributed by atoms with Gasteiger partial charge in [-0.05, 0) is 35.9 Å². The first kappa shape index (κ1) is 13.2. The van der Waals surface area contributed by atoms with Crippen molar-refractivity contribution in [2.45, 2.75) is 0 Å². The topological polar surface area (TPSA) is 66.8 Å². The van der Waals surface area contributed by atoms with Crippen molar-refractivity contribution < 1.29 is 19.7 Å². The van der Waals surface area contributed by atoms with Gasteiger partial charge in [0.25, 0.3) is 0 Å². The van der Waals surface area contributed by atoms with Crippen molar-refractivity contribution in [3.63, 3.8) is 0 Å².